The molecular formula is C15H32IN3O2. The van der Waals surface area contributed by atoms with Crippen LogP contribution in [0.25, 0.3) is 0 Å². The van der Waals surface area contributed by atoms with Crippen LogP contribution >= 0.6 is 24.0 Å². The highest BCUT2D eigenvalue weighted by Crippen LogP contribution is 2.21. The van der Waals surface area contributed by atoms with Crippen LogP contribution in [0, 0.1) is 11.3 Å². The number of aliphatic imine (C=N–C) groups is 1. The summed E-state index contributed by atoms with van der Waals surface area (Å²) in [5, 5.41) is 6.49. The van der Waals surface area contributed by atoms with Crippen LogP contribution in [0.5, 0.6) is 0 Å². The van der Waals surface area contributed by atoms with E-state index in [1.54, 1.807) is 7.05 Å². The third-order valence-electron chi connectivity index (χ3n) is 3.11. The molecule has 2 unspecified atom stereocenters. The molecule has 0 aliphatic heterocycles. The molecule has 0 aromatic heterocycles. The lowest BCUT2D eigenvalue weighted by Crippen LogP contribution is -2.44. The molecule has 0 aliphatic carbocycles. The molecule has 0 aromatic carbocycles. The van der Waals surface area contributed by atoms with Crippen LogP contribution in [0.4, 0.5) is 0 Å². The van der Waals surface area contributed by atoms with Gasteiger partial charge < -0.3 is 15.4 Å². The summed E-state index contributed by atoms with van der Waals surface area (Å²) in [5.41, 5.74) is 0.340. The van der Waals surface area contributed by atoms with Gasteiger partial charge in [0, 0.05) is 19.6 Å². The van der Waals surface area contributed by atoms with Crippen molar-refractivity contribution >= 4 is 35.9 Å². The molecule has 0 fully saturated rings. The number of nitrogens with zero attached hydrogens (tertiary/aromatic N) is 1. The molecular weight excluding hydrogens is 381 g/mol. The maximum absolute atomic E-state index is 11.3. The second kappa shape index (κ2) is 11.1. The first-order valence-electron chi connectivity index (χ1n) is 7.24. The second-order valence-electron chi connectivity index (χ2n) is 6.52. The van der Waals surface area contributed by atoms with Gasteiger partial charge in [-0.1, -0.05) is 27.7 Å². The number of halogens is 1. The molecule has 5 nitrogen and oxygen atoms in total. The van der Waals surface area contributed by atoms with E-state index in [0.717, 1.165) is 18.8 Å². The number of guanidine groups is 1. The van der Waals surface area contributed by atoms with Gasteiger partial charge in [-0.05, 0) is 25.2 Å². The summed E-state index contributed by atoms with van der Waals surface area (Å²) < 4.78 is 4.70. The molecule has 0 bridgehead atoms. The van der Waals surface area contributed by atoms with Gasteiger partial charge in [-0.2, -0.15) is 0 Å². The fourth-order valence-corrected chi connectivity index (χ4v) is 1.68. The number of methoxy groups -OCH3 is 1. The van der Waals surface area contributed by atoms with Gasteiger partial charge in [0.05, 0.1) is 13.0 Å². The molecule has 0 aliphatic rings. The molecule has 0 spiro atoms. The minimum atomic E-state index is -0.214. The first-order chi connectivity index (χ1) is 9.19. The van der Waals surface area contributed by atoms with Gasteiger partial charge in [-0.25, -0.2) is 0 Å². The summed E-state index contributed by atoms with van der Waals surface area (Å²) in [4.78, 5) is 15.5. The Morgan fingerprint density at radius 1 is 1.29 bits per heavy atom. The maximum Gasteiger partial charge on any atom is 0.310 e. The van der Waals surface area contributed by atoms with Crippen LogP contribution in [0.15, 0.2) is 4.99 Å². The van der Waals surface area contributed by atoms with E-state index in [9.17, 15) is 4.79 Å². The molecule has 0 heterocycles. The van der Waals surface area contributed by atoms with Crippen molar-refractivity contribution in [3.8, 4) is 0 Å². The molecule has 0 rings (SSSR count). The molecule has 0 amide bonds. The molecule has 0 aromatic rings. The van der Waals surface area contributed by atoms with Crippen LogP contribution in [-0.4, -0.2) is 38.7 Å². The van der Waals surface area contributed by atoms with Crippen molar-refractivity contribution in [2.45, 2.75) is 53.5 Å². The zero-order valence-corrected chi connectivity index (χ0v) is 16.8. The summed E-state index contributed by atoms with van der Waals surface area (Å²) in [6.07, 6.45) is 2.23. The SMILES string of the molecule is CN=C(NCC(C)C(=O)OC)NC(C)CCC(C)(C)C.I. The quantitative estimate of drug-likeness (QED) is 0.304. The number of hydrogen-bond donors (Lipinski definition) is 2. The smallest absolute Gasteiger partial charge is 0.310 e. The van der Waals surface area contributed by atoms with Crippen molar-refractivity contribution in [2.75, 3.05) is 20.7 Å². The Morgan fingerprint density at radius 3 is 2.29 bits per heavy atom. The van der Waals surface area contributed by atoms with Crippen molar-refractivity contribution in [1.29, 1.82) is 0 Å². The van der Waals surface area contributed by atoms with E-state index in [1.807, 2.05) is 6.92 Å². The maximum atomic E-state index is 11.3. The normalized spacial score (nSPS) is 14.7. The number of rotatable bonds is 6. The van der Waals surface area contributed by atoms with Gasteiger partial charge in [-0.3, -0.25) is 9.79 Å². The van der Waals surface area contributed by atoms with Gasteiger partial charge in [0.15, 0.2) is 5.96 Å². The second-order valence-corrected chi connectivity index (χ2v) is 6.52. The minimum absolute atomic E-state index is 0. The average molecular weight is 413 g/mol. The molecule has 2 N–H and O–H groups in total. The van der Waals surface area contributed by atoms with Crippen molar-refractivity contribution < 1.29 is 9.53 Å². The highest BCUT2D eigenvalue weighted by atomic mass is 127. The Hall–Kier alpha value is -0.530. The highest BCUT2D eigenvalue weighted by molar-refractivity contribution is 14.0. The van der Waals surface area contributed by atoms with Crippen LogP contribution in [0.2, 0.25) is 0 Å². The van der Waals surface area contributed by atoms with E-state index in [1.165, 1.54) is 7.11 Å². The summed E-state index contributed by atoms with van der Waals surface area (Å²) in [6, 6.07) is 0.342. The first-order valence-corrected chi connectivity index (χ1v) is 7.24. The van der Waals surface area contributed by atoms with Crippen molar-refractivity contribution in [1.82, 2.24) is 10.6 Å². The minimum Gasteiger partial charge on any atom is -0.469 e. The summed E-state index contributed by atoms with van der Waals surface area (Å²) in [7, 11) is 3.13. The third-order valence-corrected chi connectivity index (χ3v) is 3.11. The lowest BCUT2D eigenvalue weighted by atomic mass is 9.89. The van der Waals surface area contributed by atoms with Gasteiger partial charge >= 0.3 is 5.97 Å². The van der Waals surface area contributed by atoms with E-state index in [0.29, 0.717) is 18.0 Å². The molecule has 6 heteroatoms. The Labute approximate surface area is 146 Å². The van der Waals surface area contributed by atoms with Crippen LogP contribution in [0.3, 0.4) is 0 Å². The molecule has 0 saturated carbocycles. The van der Waals surface area contributed by atoms with Crippen molar-refractivity contribution in [3.63, 3.8) is 0 Å². The zero-order chi connectivity index (χ0) is 15.8. The highest BCUT2D eigenvalue weighted by Gasteiger charge is 2.15. The van der Waals surface area contributed by atoms with E-state index in [-0.39, 0.29) is 35.9 Å². The van der Waals surface area contributed by atoms with E-state index < -0.39 is 0 Å². The number of nitrogens with one attached hydrogen (secondary N) is 2. The number of carbonyl (C=O) groups is 1. The van der Waals surface area contributed by atoms with Crippen molar-refractivity contribution in [2.24, 2.45) is 16.3 Å². The summed E-state index contributed by atoms with van der Waals surface area (Å²) in [6.45, 7) is 11.2. The average Bonchev–Trinajstić information content (AvgIpc) is 2.38. The predicted octanol–water partition coefficient (Wildman–Crippen LogP) is 2.79. The summed E-state index contributed by atoms with van der Waals surface area (Å²) in [5.74, 6) is 0.319. The lowest BCUT2D eigenvalue weighted by molar-refractivity contribution is -0.144. The molecule has 21 heavy (non-hydrogen) atoms. The Morgan fingerprint density at radius 2 is 1.86 bits per heavy atom. The molecule has 0 saturated heterocycles. The number of ether oxygens (including phenoxy) is 1. The first kappa shape index (κ1) is 22.7. The Bertz CT molecular complexity index is 327. The molecule has 2 atom stereocenters. The third kappa shape index (κ3) is 11.8. The zero-order valence-electron chi connectivity index (χ0n) is 14.4. The van der Waals surface area contributed by atoms with Gasteiger partial charge in [-0.15, -0.1) is 24.0 Å². The van der Waals surface area contributed by atoms with Crippen LogP contribution in [0.1, 0.15) is 47.5 Å². The number of esters is 1. The number of carbonyl (C=O) groups excluding carboxylic acids is 1. The Kier molecular flexibility index (Phi) is 12.0. The van der Waals surface area contributed by atoms with Crippen molar-refractivity contribution in [3.05, 3.63) is 0 Å². The Balaban J connectivity index is 0. The fourth-order valence-electron chi connectivity index (χ4n) is 1.68. The van der Waals surface area contributed by atoms with Gasteiger partial charge in [0.25, 0.3) is 0 Å². The standard InChI is InChI=1S/C15H31N3O2.HI/c1-11(13(19)20-7)10-17-14(16-6)18-12(2)8-9-15(3,4)5;/h11-12H,8-10H2,1-7H3,(H2,16,17,18);1H. The van der Waals surface area contributed by atoms with Gasteiger partial charge in [0.2, 0.25) is 0 Å². The fraction of sp³-hybridized carbons (Fsp3) is 0.867. The van der Waals surface area contributed by atoms with E-state index in [4.69, 9.17) is 4.74 Å². The van der Waals surface area contributed by atoms with E-state index >= 15 is 0 Å². The van der Waals surface area contributed by atoms with E-state index in [2.05, 4.69) is 43.3 Å². The summed E-state index contributed by atoms with van der Waals surface area (Å²) >= 11 is 0. The van der Waals surface area contributed by atoms with Crippen LogP contribution in [-0.2, 0) is 9.53 Å². The predicted molar refractivity (Wildman–Crippen MR) is 99.2 cm³/mol. The molecule has 126 valence electrons. The number of hydrogen-bond acceptors (Lipinski definition) is 3. The monoisotopic (exact) mass is 413 g/mol. The lowest BCUT2D eigenvalue weighted by Gasteiger charge is -2.23. The largest absolute Gasteiger partial charge is 0.469 e. The van der Waals surface area contributed by atoms with Gasteiger partial charge in [0.1, 0.15) is 0 Å². The molecule has 0 radical (unpaired) electrons. The topological polar surface area (TPSA) is 62.7 Å². The van der Waals surface area contributed by atoms with Crippen LogP contribution < -0.4 is 10.6 Å².